The maximum atomic E-state index is 12.9. The quantitative estimate of drug-likeness (QED) is 0.615. The minimum Gasteiger partial charge on any atom is -0.497 e. The predicted octanol–water partition coefficient (Wildman–Crippen LogP) is 2.31. The highest BCUT2D eigenvalue weighted by Crippen LogP contribution is 2.35. The van der Waals surface area contributed by atoms with E-state index in [4.69, 9.17) is 25.8 Å². The molecule has 32 heavy (non-hydrogen) atoms. The van der Waals surface area contributed by atoms with Gasteiger partial charge in [-0.25, -0.2) is 8.42 Å². The number of rotatable bonds is 8. The van der Waals surface area contributed by atoms with Crippen LogP contribution in [0.3, 0.4) is 0 Å². The first-order valence-electron chi connectivity index (χ1n) is 9.86. The molecule has 0 aliphatic carbocycles. The molecule has 0 saturated carbocycles. The van der Waals surface area contributed by atoms with E-state index in [0.29, 0.717) is 54.1 Å². The maximum absolute atomic E-state index is 12.9. The summed E-state index contributed by atoms with van der Waals surface area (Å²) in [4.78, 5) is 14.7. The van der Waals surface area contributed by atoms with Crippen molar-refractivity contribution < 1.29 is 27.4 Å². The van der Waals surface area contributed by atoms with Crippen LogP contribution >= 0.6 is 11.6 Å². The molecule has 1 aliphatic heterocycles. The Labute approximate surface area is 192 Å². The molecule has 11 heteroatoms. The van der Waals surface area contributed by atoms with Crippen molar-refractivity contribution in [2.45, 2.75) is 4.90 Å². The average Bonchev–Trinajstić information content (AvgIpc) is 2.80. The van der Waals surface area contributed by atoms with E-state index in [-0.39, 0.29) is 17.3 Å². The third-order valence-electron chi connectivity index (χ3n) is 5.14. The van der Waals surface area contributed by atoms with Gasteiger partial charge in [-0.05, 0) is 24.3 Å². The molecule has 1 saturated heterocycles. The molecule has 0 bridgehead atoms. The number of halogens is 1. The number of hydrogen-bond acceptors (Lipinski definition) is 7. The van der Waals surface area contributed by atoms with Crippen LogP contribution < -0.4 is 19.5 Å². The molecule has 0 spiro atoms. The smallest absolute Gasteiger partial charge is 0.243 e. The zero-order valence-corrected chi connectivity index (χ0v) is 19.7. The van der Waals surface area contributed by atoms with Crippen molar-refractivity contribution >= 4 is 33.2 Å². The highest BCUT2D eigenvalue weighted by atomic mass is 35.5. The fourth-order valence-corrected chi connectivity index (χ4v) is 5.03. The summed E-state index contributed by atoms with van der Waals surface area (Å²) in [7, 11) is 0.893. The number of carbonyl (C=O) groups excluding carboxylic acids is 1. The number of piperazine rings is 1. The molecule has 0 radical (unpaired) electrons. The van der Waals surface area contributed by atoms with Crippen LogP contribution in [0.4, 0.5) is 5.69 Å². The van der Waals surface area contributed by atoms with Crippen LogP contribution in [0.2, 0.25) is 5.02 Å². The Bertz CT molecular complexity index is 1050. The Balaban J connectivity index is 1.58. The molecule has 2 aromatic carbocycles. The Morgan fingerprint density at radius 1 is 0.969 bits per heavy atom. The van der Waals surface area contributed by atoms with E-state index in [2.05, 4.69) is 5.32 Å². The largest absolute Gasteiger partial charge is 0.497 e. The van der Waals surface area contributed by atoms with Gasteiger partial charge in [-0.3, -0.25) is 9.69 Å². The third-order valence-corrected chi connectivity index (χ3v) is 7.35. The van der Waals surface area contributed by atoms with Gasteiger partial charge in [0.15, 0.2) is 0 Å². The standard InChI is InChI=1S/C21H26ClN3O6S/c1-29-15-4-6-16(7-5-15)32(27,28)25-10-8-24(9-11-25)14-21(26)23-18-13-19(30-2)17(22)12-20(18)31-3/h4-7,12-13H,8-11,14H2,1-3H3,(H,23,26). The van der Waals surface area contributed by atoms with Crippen molar-refractivity contribution in [2.75, 3.05) is 59.4 Å². The number of methoxy groups -OCH3 is 3. The zero-order chi connectivity index (χ0) is 23.3. The van der Waals surface area contributed by atoms with Gasteiger partial charge in [0.1, 0.15) is 17.2 Å². The lowest BCUT2D eigenvalue weighted by molar-refractivity contribution is -0.117. The minimum atomic E-state index is -3.60. The molecule has 9 nitrogen and oxygen atoms in total. The molecule has 1 fully saturated rings. The van der Waals surface area contributed by atoms with E-state index in [1.165, 1.54) is 37.8 Å². The minimum absolute atomic E-state index is 0.116. The average molecular weight is 484 g/mol. The second kappa shape index (κ2) is 10.4. The van der Waals surface area contributed by atoms with E-state index in [1.807, 2.05) is 4.90 Å². The predicted molar refractivity (Wildman–Crippen MR) is 121 cm³/mol. The number of benzene rings is 2. The summed E-state index contributed by atoms with van der Waals surface area (Å²) >= 11 is 6.10. The van der Waals surface area contributed by atoms with E-state index in [1.54, 1.807) is 24.3 Å². The first kappa shape index (κ1) is 24.1. The number of nitrogens with zero attached hydrogens (tertiary/aromatic N) is 2. The molecular weight excluding hydrogens is 458 g/mol. The first-order valence-corrected chi connectivity index (χ1v) is 11.7. The van der Waals surface area contributed by atoms with Gasteiger partial charge in [-0.1, -0.05) is 11.6 Å². The molecule has 1 N–H and O–H groups in total. The molecular formula is C21H26ClN3O6S. The van der Waals surface area contributed by atoms with Gasteiger partial charge in [-0.15, -0.1) is 0 Å². The van der Waals surface area contributed by atoms with Gasteiger partial charge < -0.3 is 19.5 Å². The SMILES string of the molecule is COc1ccc(S(=O)(=O)N2CCN(CC(=O)Nc3cc(OC)c(Cl)cc3OC)CC2)cc1. The molecule has 2 aromatic rings. The summed E-state index contributed by atoms with van der Waals surface area (Å²) in [5, 5.41) is 3.17. The lowest BCUT2D eigenvalue weighted by Crippen LogP contribution is -2.50. The summed E-state index contributed by atoms with van der Waals surface area (Å²) in [6, 6.07) is 9.46. The molecule has 0 unspecified atom stereocenters. The summed E-state index contributed by atoms with van der Waals surface area (Å²) in [5.74, 6) is 1.17. The van der Waals surface area contributed by atoms with Gasteiger partial charge in [0.25, 0.3) is 0 Å². The van der Waals surface area contributed by atoms with Crippen LogP contribution in [0.15, 0.2) is 41.3 Å². The van der Waals surface area contributed by atoms with Gasteiger partial charge >= 0.3 is 0 Å². The van der Waals surface area contributed by atoms with Crippen molar-refractivity contribution in [1.29, 1.82) is 0 Å². The van der Waals surface area contributed by atoms with Gasteiger partial charge in [0, 0.05) is 38.3 Å². The molecule has 0 atom stereocenters. The van der Waals surface area contributed by atoms with E-state index in [9.17, 15) is 13.2 Å². The van der Waals surface area contributed by atoms with Crippen LogP contribution in [0.1, 0.15) is 0 Å². The van der Waals surface area contributed by atoms with E-state index in [0.717, 1.165) is 0 Å². The number of hydrogen-bond donors (Lipinski definition) is 1. The molecule has 1 heterocycles. The first-order chi connectivity index (χ1) is 15.3. The third kappa shape index (κ3) is 5.44. The number of anilines is 1. The zero-order valence-electron chi connectivity index (χ0n) is 18.1. The number of nitrogens with one attached hydrogen (secondary N) is 1. The van der Waals surface area contributed by atoms with E-state index >= 15 is 0 Å². The second-order valence-electron chi connectivity index (χ2n) is 7.09. The summed E-state index contributed by atoms with van der Waals surface area (Å²) < 4.78 is 42.7. The monoisotopic (exact) mass is 483 g/mol. The van der Waals surface area contributed by atoms with Crippen molar-refractivity contribution in [1.82, 2.24) is 9.21 Å². The van der Waals surface area contributed by atoms with Crippen molar-refractivity contribution in [3.8, 4) is 17.2 Å². The molecule has 1 amide bonds. The Morgan fingerprint density at radius 3 is 2.16 bits per heavy atom. The highest BCUT2D eigenvalue weighted by molar-refractivity contribution is 7.89. The summed E-state index contributed by atoms with van der Waals surface area (Å²) in [5.41, 5.74) is 0.444. The van der Waals surface area contributed by atoms with E-state index < -0.39 is 10.0 Å². The second-order valence-corrected chi connectivity index (χ2v) is 9.44. The lowest BCUT2D eigenvalue weighted by Gasteiger charge is -2.33. The fourth-order valence-electron chi connectivity index (χ4n) is 3.38. The maximum Gasteiger partial charge on any atom is 0.243 e. The van der Waals surface area contributed by atoms with Gasteiger partial charge in [-0.2, -0.15) is 4.31 Å². The van der Waals surface area contributed by atoms with Crippen molar-refractivity contribution in [3.05, 3.63) is 41.4 Å². The Kier molecular flexibility index (Phi) is 7.83. The highest BCUT2D eigenvalue weighted by Gasteiger charge is 2.29. The Morgan fingerprint density at radius 2 is 1.59 bits per heavy atom. The number of carbonyl (C=O) groups is 1. The Hall–Kier alpha value is -2.53. The van der Waals surface area contributed by atoms with Crippen molar-refractivity contribution in [3.63, 3.8) is 0 Å². The number of ether oxygens (including phenoxy) is 3. The molecule has 3 rings (SSSR count). The summed E-state index contributed by atoms with van der Waals surface area (Å²) in [6.45, 7) is 1.57. The summed E-state index contributed by atoms with van der Waals surface area (Å²) in [6.07, 6.45) is 0. The van der Waals surface area contributed by atoms with Crippen molar-refractivity contribution in [2.24, 2.45) is 0 Å². The number of sulfonamides is 1. The van der Waals surface area contributed by atoms with Gasteiger partial charge in [0.05, 0.1) is 43.5 Å². The lowest BCUT2D eigenvalue weighted by atomic mass is 10.2. The van der Waals surface area contributed by atoms with Crippen LogP contribution in [-0.2, 0) is 14.8 Å². The molecule has 1 aliphatic rings. The van der Waals surface area contributed by atoms with Gasteiger partial charge in [0.2, 0.25) is 15.9 Å². The van der Waals surface area contributed by atoms with Crippen LogP contribution in [0.25, 0.3) is 0 Å². The topological polar surface area (TPSA) is 97.4 Å². The molecule has 0 aromatic heterocycles. The van der Waals surface area contributed by atoms with Crippen LogP contribution in [0.5, 0.6) is 17.2 Å². The van der Waals surface area contributed by atoms with Crippen LogP contribution in [-0.4, -0.2) is 77.6 Å². The number of amides is 1. The normalized spacial score (nSPS) is 15.2. The molecule has 174 valence electrons. The fraction of sp³-hybridized carbons (Fsp3) is 0.381. The van der Waals surface area contributed by atoms with Crippen LogP contribution in [0, 0.1) is 0 Å².